The van der Waals surface area contributed by atoms with E-state index in [0.717, 1.165) is 4.57 Å². The Balaban J connectivity index is 1.82. The standard InChI is InChI=1S/C20H25N5O4/c1-13-9-17(26)21-15-7-5-6-8-16(15)25(13)19(28)12-22(2)11-14-10-18(27)24(4)20(29)23(14)3/h5-8,10,13H,9,11-12H2,1-4H3,(H,21,26). The number of nitrogens with zero attached hydrogens (tertiary/aromatic N) is 4. The first-order valence-electron chi connectivity index (χ1n) is 9.34. The van der Waals surface area contributed by atoms with Crippen molar-refractivity contribution in [3.63, 3.8) is 0 Å². The summed E-state index contributed by atoms with van der Waals surface area (Å²) in [6.07, 6.45) is 0.202. The zero-order valence-electron chi connectivity index (χ0n) is 17.0. The van der Waals surface area contributed by atoms with Crippen LogP contribution in [0.2, 0.25) is 0 Å². The number of hydrogen-bond donors (Lipinski definition) is 1. The van der Waals surface area contributed by atoms with Crippen LogP contribution < -0.4 is 21.5 Å². The Morgan fingerprint density at radius 1 is 1.17 bits per heavy atom. The summed E-state index contributed by atoms with van der Waals surface area (Å²) in [5.41, 5.74) is 0.987. The van der Waals surface area contributed by atoms with Crippen molar-refractivity contribution in [3.05, 3.63) is 56.9 Å². The van der Waals surface area contributed by atoms with Crippen molar-refractivity contribution in [2.24, 2.45) is 14.1 Å². The molecule has 1 aliphatic rings. The average molecular weight is 399 g/mol. The molecule has 0 spiro atoms. The Hall–Kier alpha value is -3.20. The topological polar surface area (TPSA) is 96.7 Å². The lowest BCUT2D eigenvalue weighted by Gasteiger charge is -2.30. The molecular weight excluding hydrogens is 374 g/mol. The molecule has 29 heavy (non-hydrogen) atoms. The number of fused-ring (bicyclic) bond motifs is 1. The molecule has 1 aromatic carbocycles. The second-order valence-electron chi connectivity index (χ2n) is 7.43. The van der Waals surface area contributed by atoms with Crippen LogP contribution in [0.25, 0.3) is 0 Å². The van der Waals surface area contributed by atoms with Gasteiger partial charge in [0.05, 0.1) is 17.9 Å². The number of benzene rings is 1. The summed E-state index contributed by atoms with van der Waals surface area (Å²) in [5.74, 6) is -0.304. The van der Waals surface area contributed by atoms with E-state index >= 15 is 0 Å². The second kappa shape index (κ2) is 8.04. The van der Waals surface area contributed by atoms with Crippen molar-refractivity contribution in [1.82, 2.24) is 14.0 Å². The number of nitrogens with one attached hydrogen (secondary N) is 1. The highest BCUT2D eigenvalue weighted by molar-refractivity contribution is 6.04. The van der Waals surface area contributed by atoms with Gasteiger partial charge in [-0.05, 0) is 26.1 Å². The predicted molar refractivity (Wildman–Crippen MR) is 110 cm³/mol. The summed E-state index contributed by atoms with van der Waals surface area (Å²) >= 11 is 0. The molecule has 9 nitrogen and oxygen atoms in total. The molecule has 0 saturated heterocycles. The molecule has 2 aromatic rings. The Labute approximate surface area is 168 Å². The smallest absolute Gasteiger partial charge is 0.324 e. The number of carbonyl (C=O) groups excluding carboxylic acids is 2. The Morgan fingerprint density at radius 3 is 2.59 bits per heavy atom. The number of likely N-dealkylation sites (N-methyl/N-ethyl adjacent to an activating group) is 1. The highest BCUT2D eigenvalue weighted by Crippen LogP contribution is 2.31. The number of amides is 2. The largest absolute Gasteiger partial charge is 0.330 e. The highest BCUT2D eigenvalue weighted by atomic mass is 16.2. The van der Waals surface area contributed by atoms with Crippen LogP contribution in [0, 0.1) is 0 Å². The summed E-state index contributed by atoms with van der Waals surface area (Å²) < 4.78 is 2.43. The van der Waals surface area contributed by atoms with Gasteiger partial charge in [-0.1, -0.05) is 12.1 Å². The van der Waals surface area contributed by atoms with Crippen molar-refractivity contribution in [2.45, 2.75) is 25.9 Å². The SMILES string of the molecule is CC1CC(=O)Nc2ccccc2N1C(=O)CN(C)Cc1cc(=O)n(C)c(=O)n1C. The monoisotopic (exact) mass is 399 g/mol. The summed E-state index contributed by atoms with van der Waals surface area (Å²) in [6, 6.07) is 8.30. The van der Waals surface area contributed by atoms with Gasteiger partial charge in [0.1, 0.15) is 0 Å². The zero-order valence-corrected chi connectivity index (χ0v) is 17.0. The molecule has 2 amide bonds. The van der Waals surface area contributed by atoms with Crippen LogP contribution in [0.1, 0.15) is 19.0 Å². The van der Waals surface area contributed by atoms with E-state index in [1.54, 1.807) is 42.1 Å². The maximum Gasteiger partial charge on any atom is 0.330 e. The average Bonchev–Trinajstić information content (AvgIpc) is 2.78. The first-order valence-corrected chi connectivity index (χ1v) is 9.34. The Morgan fingerprint density at radius 2 is 1.86 bits per heavy atom. The predicted octanol–water partition coefficient (Wildman–Crippen LogP) is 0.280. The van der Waals surface area contributed by atoms with Gasteiger partial charge >= 0.3 is 5.69 Å². The second-order valence-corrected chi connectivity index (χ2v) is 7.43. The Kier molecular flexibility index (Phi) is 5.69. The summed E-state index contributed by atoms with van der Waals surface area (Å²) in [7, 11) is 4.77. The lowest BCUT2D eigenvalue weighted by Crippen LogP contribution is -2.45. The van der Waals surface area contributed by atoms with Crippen LogP contribution in [-0.4, -0.2) is 45.5 Å². The van der Waals surface area contributed by atoms with Crippen molar-refractivity contribution in [3.8, 4) is 0 Å². The summed E-state index contributed by atoms with van der Waals surface area (Å²) in [4.78, 5) is 52.6. The van der Waals surface area contributed by atoms with Gasteiger partial charge in [0.2, 0.25) is 11.8 Å². The van der Waals surface area contributed by atoms with E-state index in [1.807, 2.05) is 13.0 Å². The molecule has 0 fully saturated rings. The van der Waals surface area contributed by atoms with Crippen LogP contribution >= 0.6 is 0 Å². The third-order valence-electron chi connectivity index (χ3n) is 5.09. The molecule has 2 heterocycles. The minimum atomic E-state index is -0.410. The number of rotatable bonds is 4. The number of aromatic nitrogens is 2. The normalized spacial score (nSPS) is 16.4. The van der Waals surface area contributed by atoms with Gasteiger partial charge in [0, 0.05) is 44.9 Å². The molecule has 0 radical (unpaired) electrons. The fraction of sp³-hybridized carbons (Fsp3) is 0.400. The minimum absolute atomic E-state index is 0.0657. The molecule has 0 saturated carbocycles. The Bertz CT molecular complexity index is 1070. The van der Waals surface area contributed by atoms with Crippen LogP contribution in [0.4, 0.5) is 11.4 Å². The fourth-order valence-electron chi connectivity index (χ4n) is 3.54. The molecule has 0 aliphatic carbocycles. The number of carbonyl (C=O) groups is 2. The minimum Gasteiger partial charge on any atom is -0.324 e. The molecule has 154 valence electrons. The van der Waals surface area contributed by atoms with Crippen molar-refractivity contribution < 1.29 is 9.59 Å². The summed E-state index contributed by atoms with van der Waals surface area (Å²) in [5, 5.41) is 2.83. The van der Waals surface area contributed by atoms with E-state index in [1.165, 1.54) is 17.7 Å². The number of para-hydroxylation sites is 2. The number of hydrogen-bond acceptors (Lipinski definition) is 5. The summed E-state index contributed by atoms with van der Waals surface area (Å²) in [6.45, 7) is 2.16. The molecule has 3 rings (SSSR count). The zero-order chi connectivity index (χ0) is 21.3. The highest BCUT2D eigenvalue weighted by Gasteiger charge is 2.30. The van der Waals surface area contributed by atoms with E-state index < -0.39 is 5.69 Å². The van der Waals surface area contributed by atoms with Crippen molar-refractivity contribution in [2.75, 3.05) is 23.8 Å². The lowest BCUT2D eigenvalue weighted by molar-refractivity contribution is -0.120. The first-order chi connectivity index (χ1) is 13.7. The molecule has 1 aliphatic heterocycles. The van der Waals surface area contributed by atoms with Gasteiger partial charge in [-0.25, -0.2) is 4.79 Å². The van der Waals surface area contributed by atoms with Gasteiger partial charge in [0.15, 0.2) is 0 Å². The maximum absolute atomic E-state index is 13.1. The molecule has 1 aromatic heterocycles. The van der Waals surface area contributed by atoms with Crippen LogP contribution in [-0.2, 0) is 30.2 Å². The van der Waals surface area contributed by atoms with E-state index in [4.69, 9.17) is 0 Å². The molecule has 1 unspecified atom stereocenters. The molecule has 1 atom stereocenters. The van der Waals surface area contributed by atoms with E-state index in [2.05, 4.69) is 5.32 Å². The van der Waals surface area contributed by atoms with Gasteiger partial charge < -0.3 is 10.2 Å². The molecule has 9 heteroatoms. The van der Waals surface area contributed by atoms with Gasteiger partial charge in [-0.15, -0.1) is 0 Å². The van der Waals surface area contributed by atoms with E-state index in [9.17, 15) is 19.2 Å². The van der Waals surface area contributed by atoms with Crippen molar-refractivity contribution in [1.29, 1.82) is 0 Å². The maximum atomic E-state index is 13.1. The first kappa shape index (κ1) is 20.5. The fourth-order valence-corrected chi connectivity index (χ4v) is 3.54. The third-order valence-corrected chi connectivity index (χ3v) is 5.09. The van der Waals surface area contributed by atoms with Crippen LogP contribution in [0.15, 0.2) is 39.9 Å². The number of anilines is 2. The molecular formula is C20H25N5O4. The van der Waals surface area contributed by atoms with E-state index in [-0.39, 0.29) is 42.9 Å². The van der Waals surface area contributed by atoms with Crippen LogP contribution in [0.3, 0.4) is 0 Å². The third kappa shape index (κ3) is 4.14. The van der Waals surface area contributed by atoms with Crippen LogP contribution in [0.5, 0.6) is 0 Å². The van der Waals surface area contributed by atoms with Gasteiger partial charge in [-0.2, -0.15) is 0 Å². The quantitative estimate of drug-likeness (QED) is 0.797. The van der Waals surface area contributed by atoms with Gasteiger partial charge in [0.25, 0.3) is 5.56 Å². The van der Waals surface area contributed by atoms with Crippen molar-refractivity contribution >= 4 is 23.2 Å². The van der Waals surface area contributed by atoms with Gasteiger partial charge in [-0.3, -0.25) is 28.4 Å². The lowest BCUT2D eigenvalue weighted by atomic mass is 10.1. The van der Waals surface area contributed by atoms with E-state index in [0.29, 0.717) is 17.1 Å². The molecule has 0 bridgehead atoms. The molecule has 1 N–H and O–H groups in total.